The molecular weight excluding hydrogens is 268 g/mol. The van der Waals surface area contributed by atoms with Crippen LogP contribution >= 0.6 is 0 Å². The maximum absolute atomic E-state index is 4.90. The van der Waals surface area contributed by atoms with Crippen molar-refractivity contribution in [2.24, 2.45) is 0 Å². The maximum Gasteiger partial charge on any atom is 0.131 e. The zero-order valence-electron chi connectivity index (χ0n) is 13.1. The molecule has 0 fully saturated rings. The molecule has 0 aliphatic carbocycles. The van der Waals surface area contributed by atoms with E-state index >= 15 is 0 Å². The summed E-state index contributed by atoms with van der Waals surface area (Å²) in [6.45, 7) is 6.38. The molecule has 3 aromatic carbocycles. The van der Waals surface area contributed by atoms with Crippen LogP contribution in [0, 0.1) is 6.92 Å². The molecule has 2 nitrogen and oxygen atoms in total. The van der Waals surface area contributed by atoms with E-state index < -0.39 is 0 Å². The van der Waals surface area contributed by atoms with Gasteiger partial charge in [-0.05, 0) is 23.1 Å². The molecule has 0 unspecified atom stereocenters. The monoisotopic (exact) mass is 286 g/mol. The van der Waals surface area contributed by atoms with Crippen molar-refractivity contribution in [3.63, 3.8) is 0 Å². The van der Waals surface area contributed by atoms with E-state index in [1.54, 1.807) is 0 Å². The van der Waals surface area contributed by atoms with Gasteiger partial charge in [0, 0.05) is 22.4 Å². The van der Waals surface area contributed by atoms with Crippen molar-refractivity contribution in [3.05, 3.63) is 60.0 Å². The minimum Gasteiger partial charge on any atom is -0.237 e. The van der Waals surface area contributed by atoms with Gasteiger partial charge in [0.15, 0.2) is 0 Å². The quantitative estimate of drug-likeness (QED) is 0.440. The molecule has 22 heavy (non-hydrogen) atoms. The molecule has 0 saturated heterocycles. The number of aryl methyl sites for hydroxylation is 1. The molecule has 1 aromatic heterocycles. The zero-order valence-corrected chi connectivity index (χ0v) is 13.1. The van der Waals surface area contributed by atoms with Gasteiger partial charge >= 0.3 is 0 Å². The van der Waals surface area contributed by atoms with Crippen molar-refractivity contribution in [2.45, 2.75) is 26.7 Å². The summed E-state index contributed by atoms with van der Waals surface area (Å²) in [6, 6.07) is 17.1. The maximum atomic E-state index is 4.90. The predicted octanol–water partition coefficient (Wildman–Crippen LogP) is 5.37. The fourth-order valence-electron chi connectivity index (χ4n) is 3.23. The number of fused-ring (bicyclic) bond motifs is 6. The van der Waals surface area contributed by atoms with Crippen LogP contribution in [-0.2, 0) is 0 Å². The van der Waals surface area contributed by atoms with Crippen LogP contribution in [0.4, 0.5) is 0 Å². The Morgan fingerprint density at radius 2 is 1.27 bits per heavy atom. The van der Waals surface area contributed by atoms with Gasteiger partial charge in [-0.3, -0.25) is 0 Å². The van der Waals surface area contributed by atoms with E-state index in [9.17, 15) is 0 Å². The number of benzene rings is 3. The molecule has 2 heteroatoms. The number of rotatable bonds is 1. The summed E-state index contributed by atoms with van der Waals surface area (Å²) in [5, 5.41) is 6.17. The third-order valence-corrected chi connectivity index (χ3v) is 4.29. The predicted molar refractivity (Wildman–Crippen MR) is 93.4 cm³/mol. The lowest BCUT2D eigenvalue weighted by Gasteiger charge is -2.13. The topological polar surface area (TPSA) is 25.8 Å². The van der Waals surface area contributed by atoms with Gasteiger partial charge in [-0.2, -0.15) is 0 Å². The lowest BCUT2D eigenvalue weighted by atomic mass is 9.96. The minimum absolute atomic E-state index is 0.327. The Bertz CT molecular complexity index is 1020. The fraction of sp³-hybridized carbons (Fsp3) is 0.200. The fourth-order valence-corrected chi connectivity index (χ4v) is 3.23. The first-order valence-electron chi connectivity index (χ1n) is 7.74. The smallest absolute Gasteiger partial charge is 0.131 e. The second-order valence-electron chi connectivity index (χ2n) is 6.14. The molecule has 0 saturated carbocycles. The van der Waals surface area contributed by atoms with E-state index in [-0.39, 0.29) is 0 Å². The summed E-state index contributed by atoms with van der Waals surface area (Å²) in [5.41, 5.74) is 2.14. The first-order valence-corrected chi connectivity index (χ1v) is 7.74. The highest BCUT2D eigenvalue weighted by Crippen LogP contribution is 2.35. The summed E-state index contributed by atoms with van der Waals surface area (Å²) in [7, 11) is 0. The molecule has 0 bridgehead atoms. The van der Waals surface area contributed by atoms with Crippen LogP contribution in [0.2, 0.25) is 0 Å². The summed E-state index contributed by atoms with van der Waals surface area (Å²) in [5.74, 6) is 1.25. The second-order valence-corrected chi connectivity index (χ2v) is 6.14. The van der Waals surface area contributed by atoms with Crippen LogP contribution < -0.4 is 0 Å². The summed E-state index contributed by atoms with van der Waals surface area (Å²) < 4.78 is 0. The first kappa shape index (κ1) is 13.2. The van der Waals surface area contributed by atoms with Crippen molar-refractivity contribution < 1.29 is 0 Å². The van der Waals surface area contributed by atoms with Crippen molar-refractivity contribution >= 4 is 32.4 Å². The van der Waals surface area contributed by atoms with Gasteiger partial charge in [0.05, 0.1) is 5.52 Å². The number of hydrogen-bond donors (Lipinski definition) is 0. The SMILES string of the molecule is Cc1nc(C(C)C)nc2c3ccccc3c3ccccc3c12. The Hall–Kier alpha value is -2.48. The van der Waals surface area contributed by atoms with E-state index in [1.165, 1.54) is 26.9 Å². The highest BCUT2D eigenvalue weighted by atomic mass is 14.9. The molecule has 0 aliphatic heterocycles. The summed E-state index contributed by atoms with van der Waals surface area (Å²) >= 11 is 0. The number of nitrogens with zero attached hydrogens (tertiary/aromatic N) is 2. The third-order valence-electron chi connectivity index (χ3n) is 4.29. The average Bonchev–Trinajstić information content (AvgIpc) is 2.54. The van der Waals surface area contributed by atoms with E-state index in [4.69, 9.17) is 9.97 Å². The highest BCUT2D eigenvalue weighted by Gasteiger charge is 2.14. The van der Waals surface area contributed by atoms with Crippen LogP contribution in [0.1, 0.15) is 31.3 Å². The van der Waals surface area contributed by atoms with Gasteiger partial charge in [-0.25, -0.2) is 9.97 Å². The van der Waals surface area contributed by atoms with Crippen LogP contribution in [-0.4, -0.2) is 9.97 Å². The summed E-state index contributed by atoms with van der Waals surface area (Å²) in [4.78, 5) is 9.65. The molecule has 1 heterocycles. The van der Waals surface area contributed by atoms with Crippen LogP contribution in [0.5, 0.6) is 0 Å². The zero-order chi connectivity index (χ0) is 15.3. The normalized spacial score (nSPS) is 11.8. The Morgan fingerprint density at radius 1 is 0.727 bits per heavy atom. The molecular formula is C20H18N2. The second kappa shape index (κ2) is 4.77. The molecule has 0 amide bonds. The standard InChI is InChI=1S/C20H18N2/c1-12(2)20-21-13(3)18-16-10-6-4-8-14(16)15-9-5-7-11-17(15)19(18)22-20/h4-12H,1-3H3. The lowest BCUT2D eigenvalue weighted by Crippen LogP contribution is -2.01. The molecule has 0 atom stereocenters. The van der Waals surface area contributed by atoms with Crippen molar-refractivity contribution in [1.29, 1.82) is 0 Å². The highest BCUT2D eigenvalue weighted by molar-refractivity contribution is 6.24. The lowest BCUT2D eigenvalue weighted by molar-refractivity contribution is 0.777. The van der Waals surface area contributed by atoms with Gasteiger partial charge in [0.2, 0.25) is 0 Å². The van der Waals surface area contributed by atoms with Crippen molar-refractivity contribution in [1.82, 2.24) is 9.97 Å². The Balaban J connectivity index is 2.35. The van der Waals surface area contributed by atoms with E-state index in [0.717, 1.165) is 17.0 Å². The van der Waals surface area contributed by atoms with Gasteiger partial charge in [-0.1, -0.05) is 62.4 Å². The van der Waals surface area contributed by atoms with E-state index in [2.05, 4.69) is 69.3 Å². The minimum atomic E-state index is 0.327. The van der Waals surface area contributed by atoms with E-state index in [0.29, 0.717) is 5.92 Å². The molecule has 0 aliphatic rings. The molecule has 0 radical (unpaired) electrons. The largest absolute Gasteiger partial charge is 0.237 e. The van der Waals surface area contributed by atoms with Crippen LogP contribution in [0.3, 0.4) is 0 Å². The Labute approximate surface area is 129 Å². The Morgan fingerprint density at radius 3 is 1.91 bits per heavy atom. The van der Waals surface area contributed by atoms with Gasteiger partial charge in [0.1, 0.15) is 5.82 Å². The van der Waals surface area contributed by atoms with Crippen molar-refractivity contribution in [2.75, 3.05) is 0 Å². The molecule has 108 valence electrons. The average molecular weight is 286 g/mol. The van der Waals surface area contributed by atoms with Crippen molar-refractivity contribution in [3.8, 4) is 0 Å². The molecule has 4 rings (SSSR count). The van der Waals surface area contributed by atoms with E-state index in [1.807, 2.05) is 0 Å². The number of hydrogen-bond acceptors (Lipinski definition) is 2. The van der Waals surface area contributed by atoms with Crippen LogP contribution in [0.15, 0.2) is 48.5 Å². The van der Waals surface area contributed by atoms with Gasteiger partial charge < -0.3 is 0 Å². The van der Waals surface area contributed by atoms with Gasteiger partial charge in [-0.15, -0.1) is 0 Å². The van der Waals surface area contributed by atoms with Crippen LogP contribution in [0.25, 0.3) is 32.4 Å². The number of aromatic nitrogens is 2. The molecule has 0 spiro atoms. The third kappa shape index (κ3) is 1.80. The van der Waals surface area contributed by atoms with Gasteiger partial charge in [0.25, 0.3) is 0 Å². The molecule has 4 aromatic rings. The summed E-state index contributed by atoms with van der Waals surface area (Å²) in [6.07, 6.45) is 0. The first-order chi connectivity index (χ1) is 10.7. The molecule has 0 N–H and O–H groups in total. The Kier molecular flexibility index (Phi) is 2.86.